The van der Waals surface area contributed by atoms with Crippen LogP contribution in [-0.2, 0) is 9.59 Å². The van der Waals surface area contributed by atoms with E-state index in [1.54, 1.807) is 25.1 Å². The van der Waals surface area contributed by atoms with Gasteiger partial charge in [-0.25, -0.2) is 4.98 Å². The topological polar surface area (TPSA) is 87.6 Å². The summed E-state index contributed by atoms with van der Waals surface area (Å²) in [7, 11) is 0. The maximum Gasteiger partial charge on any atom is 0.301 e. The number of halogens is 1. The zero-order valence-electron chi connectivity index (χ0n) is 18.5. The summed E-state index contributed by atoms with van der Waals surface area (Å²) in [5.41, 5.74) is 3.32. The number of thiazole rings is 1. The number of nitrogens with zero attached hydrogens (tertiary/aromatic N) is 2. The molecule has 1 aliphatic heterocycles. The molecule has 1 aliphatic rings. The molecule has 1 unspecified atom stereocenters. The van der Waals surface area contributed by atoms with Crippen LogP contribution in [0.5, 0.6) is 0 Å². The number of carbonyl (C=O) groups is 3. The number of benzene rings is 2. The first-order chi connectivity index (χ1) is 15.6. The number of anilines is 1. The lowest BCUT2D eigenvalue weighted by atomic mass is 9.93. The molecule has 1 aromatic heterocycles. The molecule has 4 rings (SSSR count). The van der Waals surface area contributed by atoms with Crippen LogP contribution in [0.2, 0.25) is 0 Å². The molecule has 1 N–H and O–H groups in total. The van der Waals surface area contributed by atoms with Crippen LogP contribution in [0.3, 0.4) is 0 Å². The van der Waals surface area contributed by atoms with Crippen LogP contribution in [0.1, 0.15) is 50.6 Å². The molecule has 1 atom stereocenters. The van der Waals surface area contributed by atoms with E-state index in [9.17, 15) is 19.5 Å². The van der Waals surface area contributed by atoms with Gasteiger partial charge in [0.15, 0.2) is 10.9 Å². The minimum Gasteiger partial charge on any atom is -0.507 e. The average molecular weight is 525 g/mol. The van der Waals surface area contributed by atoms with Crippen molar-refractivity contribution in [2.24, 2.45) is 0 Å². The predicted octanol–water partition coefficient (Wildman–Crippen LogP) is 5.66. The van der Waals surface area contributed by atoms with Gasteiger partial charge in [0.25, 0.3) is 5.78 Å². The summed E-state index contributed by atoms with van der Waals surface area (Å²) in [6.07, 6.45) is 0. The van der Waals surface area contributed by atoms with E-state index in [0.29, 0.717) is 21.7 Å². The standard InChI is InChI=1S/C25H21BrN2O4S/c1-12-5-6-13(2)18(11-12)21(30)19-20(16-7-9-17(26)10-8-16)28(24(32)22(19)31)25-27-14(3)23(33-25)15(4)29/h5-11,20,30H,1-4H3. The number of aryl methyl sites for hydroxylation is 3. The number of ketones is 2. The van der Waals surface area contributed by atoms with Crippen LogP contribution in [0.25, 0.3) is 5.76 Å². The Hall–Kier alpha value is -3.10. The second kappa shape index (κ2) is 8.68. The van der Waals surface area contributed by atoms with Gasteiger partial charge in [-0.1, -0.05) is 57.1 Å². The minimum absolute atomic E-state index is 0.00625. The Labute approximate surface area is 203 Å². The Morgan fingerprint density at radius 1 is 1.09 bits per heavy atom. The smallest absolute Gasteiger partial charge is 0.301 e. The first-order valence-electron chi connectivity index (χ1n) is 10.2. The minimum atomic E-state index is -0.886. The number of rotatable bonds is 4. The fourth-order valence-electron chi connectivity index (χ4n) is 3.94. The molecule has 0 saturated carbocycles. The third kappa shape index (κ3) is 4.05. The zero-order valence-corrected chi connectivity index (χ0v) is 20.9. The second-order valence-corrected chi connectivity index (χ2v) is 9.90. The molecule has 8 heteroatoms. The van der Waals surface area contributed by atoms with Crippen molar-refractivity contribution < 1.29 is 19.5 Å². The van der Waals surface area contributed by atoms with E-state index in [1.807, 2.05) is 38.1 Å². The van der Waals surface area contributed by atoms with Crippen molar-refractivity contribution in [1.29, 1.82) is 0 Å². The first kappa shape index (κ1) is 23.1. The fourth-order valence-corrected chi connectivity index (χ4v) is 5.19. The number of aliphatic hydroxyl groups excluding tert-OH is 1. The number of carbonyl (C=O) groups excluding carboxylic acids is 3. The van der Waals surface area contributed by atoms with Crippen LogP contribution >= 0.6 is 27.3 Å². The molecule has 1 fully saturated rings. The normalized spacial score (nSPS) is 17.6. The second-order valence-electron chi connectivity index (χ2n) is 8.01. The monoisotopic (exact) mass is 524 g/mol. The van der Waals surface area contributed by atoms with Gasteiger partial charge in [0, 0.05) is 17.0 Å². The summed E-state index contributed by atoms with van der Waals surface area (Å²) >= 11 is 4.47. The van der Waals surface area contributed by atoms with E-state index >= 15 is 0 Å². The third-order valence-corrected chi connectivity index (χ3v) is 7.38. The largest absolute Gasteiger partial charge is 0.507 e. The van der Waals surface area contributed by atoms with Gasteiger partial charge in [-0.05, 0) is 50.1 Å². The highest BCUT2D eigenvalue weighted by Crippen LogP contribution is 2.44. The van der Waals surface area contributed by atoms with Crippen molar-refractivity contribution in [1.82, 2.24) is 4.98 Å². The number of amides is 1. The van der Waals surface area contributed by atoms with Crippen molar-refractivity contribution in [2.45, 2.75) is 33.7 Å². The molecule has 6 nitrogen and oxygen atoms in total. The number of aliphatic hydroxyl groups is 1. The van der Waals surface area contributed by atoms with Crippen molar-refractivity contribution in [2.75, 3.05) is 4.90 Å². The summed E-state index contributed by atoms with van der Waals surface area (Å²) in [6, 6.07) is 11.9. The molecule has 168 valence electrons. The molecule has 1 amide bonds. The lowest BCUT2D eigenvalue weighted by Crippen LogP contribution is -2.29. The lowest BCUT2D eigenvalue weighted by molar-refractivity contribution is -0.132. The molecule has 0 bridgehead atoms. The molecule has 33 heavy (non-hydrogen) atoms. The molecular formula is C25H21BrN2O4S. The van der Waals surface area contributed by atoms with Crippen LogP contribution in [0.4, 0.5) is 5.13 Å². The van der Waals surface area contributed by atoms with Crippen LogP contribution in [0.15, 0.2) is 52.5 Å². The summed E-state index contributed by atoms with van der Waals surface area (Å²) in [6.45, 7) is 6.86. The molecular weight excluding hydrogens is 504 g/mol. The summed E-state index contributed by atoms with van der Waals surface area (Å²) in [5, 5.41) is 11.6. The Morgan fingerprint density at radius 2 is 1.76 bits per heavy atom. The van der Waals surface area contributed by atoms with Gasteiger partial charge >= 0.3 is 5.91 Å². The Kier molecular flexibility index (Phi) is 6.07. The van der Waals surface area contributed by atoms with Gasteiger partial charge in [-0.15, -0.1) is 0 Å². The Balaban J connectivity index is 1.98. The highest BCUT2D eigenvalue weighted by Gasteiger charge is 2.48. The number of hydrogen-bond donors (Lipinski definition) is 1. The molecule has 0 spiro atoms. The summed E-state index contributed by atoms with van der Waals surface area (Å²) in [5.74, 6) is -1.98. The van der Waals surface area contributed by atoms with Gasteiger partial charge < -0.3 is 5.11 Å². The van der Waals surface area contributed by atoms with E-state index in [2.05, 4.69) is 20.9 Å². The van der Waals surface area contributed by atoms with Crippen molar-refractivity contribution >= 4 is 55.6 Å². The van der Waals surface area contributed by atoms with E-state index < -0.39 is 17.7 Å². The lowest BCUT2D eigenvalue weighted by Gasteiger charge is -2.23. The molecule has 2 aromatic carbocycles. The average Bonchev–Trinajstić information content (AvgIpc) is 3.27. The van der Waals surface area contributed by atoms with Gasteiger partial charge in [-0.2, -0.15) is 0 Å². The van der Waals surface area contributed by atoms with Gasteiger partial charge in [-0.3, -0.25) is 19.3 Å². The van der Waals surface area contributed by atoms with Crippen LogP contribution in [-0.4, -0.2) is 27.6 Å². The highest BCUT2D eigenvalue weighted by molar-refractivity contribution is 9.10. The maximum absolute atomic E-state index is 13.3. The third-order valence-electron chi connectivity index (χ3n) is 5.59. The summed E-state index contributed by atoms with van der Waals surface area (Å²) < 4.78 is 0.835. The van der Waals surface area contributed by atoms with Gasteiger partial charge in [0.05, 0.1) is 22.2 Å². The molecule has 0 aliphatic carbocycles. The zero-order chi connectivity index (χ0) is 24.0. The van der Waals surface area contributed by atoms with Crippen molar-refractivity contribution in [3.8, 4) is 0 Å². The van der Waals surface area contributed by atoms with Crippen LogP contribution in [0, 0.1) is 20.8 Å². The van der Waals surface area contributed by atoms with Gasteiger partial charge in [0.2, 0.25) is 0 Å². The molecule has 3 aromatic rings. The number of Topliss-reactive ketones (excluding diaryl/α,β-unsaturated/α-hetero) is 2. The molecule has 2 heterocycles. The predicted molar refractivity (Wildman–Crippen MR) is 132 cm³/mol. The molecule has 1 saturated heterocycles. The van der Waals surface area contributed by atoms with Crippen molar-refractivity contribution in [3.05, 3.63) is 85.3 Å². The van der Waals surface area contributed by atoms with E-state index in [0.717, 1.165) is 26.9 Å². The Morgan fingerprint density at radius 3 is 2.36 bits per heavy atom. The van der Waals surface area contributed by atoms with Gasteiger partial charge in [0.1, 0.15) is 5.76 Å². The van der Waals surface area contributed by atoms with E-state index in [4.69, 9.17) is 0 Å². The Bertz CT molecular complexity index is 1340. The van der Waals surface area contributed by atoms with E-state index in [-0.39, 0.29) is 22.2 Å². The quantitative estimate of drug-likeness (QED) is 0.206. The summed E-state index contributed by atoms with van der Waals surface area (Å²) in [4.78, 5) is 44.7. The number of aromatic nitrogens is 1. The first-order valence-corrected chi connectivity index (χ1v) is 11.8. The maximum atomic E-state index is 13.3. The molecule has 0 radical (unpaired) electrons. The fraction of sp³-hybridized carbons (Fsp3) is 0.200. The highest BCUT2D eigenvalue weighted by atomic mass is 79.9. The van der Waals surface area contributed by atoms with Crippen molar-refractivity contribution in [3.63, 3.8) is 0 Å². The van der Waals surface area contributed by atoms with Crippen LogP contribution < -0.4 is 4.90 Å². The number of hydrogen-bond acceptors (Lipinski definition) is 6. The SMILES string of the molecule is CC(=O)c1sc(N2C(=O)C(=O)C(=C(O)c3cc(C)ccc3C)C2c2ccc(Br)cc2)nc1C. The van der Waals surface area contributed by atoms with E-state index in [1.165, 1.54) is 11.8 Å².